The molecule has 6 heteroatoms. The Morgan fingerprint density at radius 2 is 0.667 bits per heavy atom. The molecule has 0 aliphatic carbocycles. The van der Waals surface area contributed by atoms with Crippen LogP contribution in [0, 0.1) is 0 Å². The number of nitrogens with zero attached hydrogens (tertiary/aromatic N) is 2. The second-order valence-corrected chi connectivity index (χ2v) is 22.5. The van der Waals surface area contributed by atoms with Crippen molar-refractivity contribution in [3.63, 3.8) is 0 Å². The van der Waals surface area contributed by atoms with E-state index in [-0.39, 0.29) is 0 Å². The van der Waals surface area contributed by atoms with Crippen molar-refractivity contribution in [3.05, 3.63) is 243 Å². The average Bonchev–Trinajstić information content (AvgIpc) is 4.23. The predicted molar refractivity (Wildman–Crippen MR) is 318 cm³/mol. The standard InChI is InChI=1S/C66H40N2S4/c1-2-18-41(19-3-1)45-26-13-29-51-63-53(31-16-39-61(63)72-64(45)51)67(55-33-14-27-48-46-23-5-9-35-57(46)70-65(48)55)43-21-12-20-42(40-43)44-22-4-8-30-52(44)68(54-32-17-38-60-62(54)50-25-7-11-37-59(50)69-60)56-34-15-28-49-47-24-6-10-36-58(47)71-66(49)56/h1-40H. The summed E-state index contributed by atoms with van der Waals surface area (Å²) in [7, 11) is 0. The fourth-order valence-electron chi connectivity index (χ4n) is 11.1. The third-order valence-corrected chi connectivity index (χ3v) is 19.0. The van der Waals surface area contributed by atoms with Crippen LogP contribution in [0.25, 0.3) is 103 Å². The zero-order valence-electron chi connectivity index (χ0n) is 38.6. The summed E-state index contributed by atoms with van der Waals surface area (Å²) in [6.07, 6.45) is 0. The van der Waals surface area contributed by atoms with Crippen LogP contribution >= 0.6 is 45.3 Å². The molecule has 0 N–H and O–H groups in total. The first kappa shape index (κ1) is 41.7. The Kier molecular flexibility index (Phi) is 9.70. The van der Waals surface area contributed by atoms with Crippen molar-refractivity contribution in [1.29, 1.82) is 0 Å². The van der Waals surface area contributed by atoms with E-state index in [1.165, 1.54) is 109 Å². The van der Waals surface area contributed by atoms with Crippen LogP contribution < -0.4 is 9.80 Å². The first-order valence-electron chi connectivity index (χ1n) is 24.2. The van der Waals surface area contributed by atoms with Gasteiger partial charge in [0.2, 0.25) is 0 Å². The van der Waals surface area contributed by atoms with Gasteiger partial charge >= 0.3 is 0 Å². The first-order valence-corrected chi connectivity index (χ1v) is 27.5. The Morgan fingerprint density at radius 1 is 0.236 bits per heavy atom. The summed E-state index contributed by atoms with van der Waals surface area (Å²) in [4.78, 5) is 5.10. The number of thiophene rings is 4. The maximum Gasteiger partial charge on any atom is 0.0640 e. The second-order valence-electron chi connectivity index (χ2n) is 18.3. The van der Waals surface area contributed by atoms with Gasteiger partial charge < -0.3 is 9.80 Å². The molecule has 0 aliphatic rings. The Bertz CT molecular complexity index is 4610. The van der Waals surface area contributed by atoms with Gasteiger partial charge in [-0.1, -0.05) is 170 Å². The van der Waals surface area contributed by atoms with E-state index in [2.05, 4.69) is 252 Å². The molecule has 0 unspecified atom stereocenters. The highest BCUT2D eigenvalue weighted by molar-refractivity contribution is 7.27. The zero-order valence-corrected chi connectivity index (χ0v) is 41.9. The van der Waals surface area contributed by atoms with Gasteiger partial charge in [0.15, 0.2) is 0 Å². The van der Waals surface area contributed by atoms with E-state index >= 15 is 0 Å². The second kappa shape index (κ2) is 16.8. The number of hydrogen-bond donors (Lipinski definition) is 0. The molecule has 0 atom stereocenters. The van der Waals surface area contributed by atoms with Crippen molar-refractivity contribution in [2.45, 2.75) is 0 Å². The number of benzene rings is 11. The number of para-hydroxylation sites is 1. The fraction of sp³-hybridized carbons (Fsp3) is 0. The molecule has 0 fully saturated rings. The lowest BCUT2D eigenvalue weighted by atomic mass is 9.99. The molecule has 2 nitrogen and oxygen atoms in total. The number of hydrogen-bond acceptors (Lipinski definition) is 6. The van der Waals surface area contributed by atoms with Crippen LogP contribution in [0.15, 0.2) is 243 Å². The number of anilines is 6. The third kappa shape index (κ3) is 6.50. The normalized spacial score (nSPS) is 11.9. The summed E-state index contributed by atoms with van der Waals surface area (Å²) in [5.41, 5.74) is 11.7. The molecule has 0 radical (unpaired) electrons. The molecular formula is C66H40N2S4. The van der Waals surface area contributed by atoms with Crippen LogP contribution in [0.2, 0.25) is 0 Å². The Balaban J connectivity index is 0.984. The van der Waals surface area contributed by atoms with E-state index in [9.17, 15) is 0 Å². The Hall–Kier alpha value is -8.10. The summed E-state index contributed by atoms with van der Waals surface area (Å²) >= 11 is 7.52. The van der Waals surface area contributed by atoms with Crippen molar-refractivity contribution in [1.82, 2.24) is 0 Å². The van der Waals surface area contributed by atoms with Gasteiger partial charge in [-0.3, -0.25) is 0 Å². The minimum absolute atomic E-state index is 1.10. The van der Waals surface area contributed by atoms with Gasteiger partial charge in [0.25, 0.3) is 0 Å². The van der Waals surface area contributed by atoms with Gasteiger partial charge in [0.05, 0.1) is 37.8 Å². The molecule has 72 heavy (non-hydrogen) atoms. The topological polar surface area (TPSA) is 6.48 Å². The maximum atomic E-state index is 2.56. The summed E-state index contributed by atoms with van der Waals surface area (Å²) in [5, 5.41) is 10.2. The third-order valence-electron chi connectivity index (χ3n) is 14.3. The minimum Gasteiger partial charge on any atom is -0.308 e. The molecule has 15 rings (SSSR count). The predicted octanol–water partition coefficient (Wildman–Crippen LogP) is 21.4. The lowest BCUT2D eigenvalue weighted by Crippen LogP contribution is -2.12. The van der Waals surface area contributed by atoms with Crippen LogP contribution in [0.3, 0.4) is 0 Å². The monoisotopic (exact) mass is 988 g/mol. The van der Waals surface area contributed by atoms with Crippen molar-refractivity contribution < 1.29 is 0 Å². The summed E-state index contributed by atoms with van der Waals surface area (Å²) in [6.45, 7) is 0. The highest BCUT2D eigenvalue weighted by atomic mass is 32.1. The van der Waals surface area contributed by atoms with Gasteiger partial charge in [-0.05, 0) is 89.5 Å². The van der Waals surface area contributed by atoms with Crippen LogP contribution in [0.5, 0.6) is 0 Å². The molecule has 4 aromatic heterocycles. The number of rotatable bonds is 8. The molecule has 0 aliphatic heterocycles. The van der Waals surface area contributed by atoms with Crippen molar-refractivity contribution in [2.24, 2.45) is 0 Å². The molecule has 0 spiro atoms. The van der Waals surface area contributed by atoms with Crippen LogP contribution in [-0.2, 0) is 0 Å². The van der Waals surface area contributed by atoms with Crippen LogP contribution in [0.4, 0.5) is 34.1 Å². The first-order chi connectivity index (χ1) is 35.7. The summed E-state index contributed by atoms with van der Waals surface area (Å²) < 4.78 is 10.3. The fourth-order valence-corrected chi connectivity index (χ4v) is 15.9. The molecular weight excluding hydrogens is 949 g/mol. The molecule has 0 bridgehead atoms. The number of fused-ring (bicyclic) bond motifs is 12. The van der Waals surface area contributed by atoms with E-state index in [0.717, 1.165) is 28.2 Å². The lowest BCUT2D eigenvalue weighted by molar-refractivity contribution is 1.31. The summed E-state index contributed by atoms with van der Waals surface area (Å²) in [6, 6.07) is 89.9. The van der Waals surface area contributed by atoms with Gasteiger partial charge in [-0.2, -0.15) is 0 Å². The van der Waals surface area contributed by atoms with Crippen molar-refractivity contribution >= 4 is 160 Å². The minimum atomic E-state index is 1.10. The molecule has 11 aromatic carbocycles. The summed E-state index contributed by atoms with van der Waals surface area (Å²) in [5.74, 6) is 0. The van der Waals surface area contributed by atoms with Crippen LogP contribution in [0.1, 0.15) is 0 Å². The van der Waals surface area contributed by atoms with E-state index < -0.39 is 0 Å². The Morgan fingerprint density at radius 3 is 1.39 bits per heavy atom. The SMILES string of the molecule is c1ccc(-c2cccc3c2sc2cccc(N(c4cccc(-c5ccccc5N(c5cccc6c5sc5ccccc56)c5cccc6sc7ccccc7c56)c4)c4cccc5c4sc4ccccc45)c23)cc1. The Labute approximate surface area is 431 Å². The van der Waals surface area contributed by atoms with Crippen LogP contribution in [-0.4, -0.2) is 0 Å². The van der Waals surface area contributed by atoms with Gasteiger partial charge in [0, 0.05) is 82.5 Å². The van der Waals surface area contributed by atoms with Crippen molar-refractivity contribution in [2.75, 3.05) is 9.80 Å². The van der Waals surface area contributed by atoms with Gasteiger partial charge in [0.1, 0.15) is 0 Å². The molecule has 4 heterocycles. The molecule has 0 saturated carbocycles. The smallest absolute Gasteiger partial charge is 0.0640 e. The average molecular weight is 989 g/mol. The lowest BCUT2D eigenvalue weighted by Gasteiger charge is -2.30. The van der Waals surface area contributed by atoms with E-state index in [4.69, 9.17) is 0 Å². The van der Waals surface area contributed by atoms with E-state index in [0.29, 0.717) is 0 Å². The highest BCUT2D eigenvalue weighted by Gasteiger charge is 2.26. The highest BCUT2D eigenvalue weighted by Crippen LogP contribution is 2.53. The molecule has 0 amide bonds. The molecule has 0 saturated heterocycles. The van der Waals surface area contributed by atoms with Crippen molar-refractivity contribution in [3.8, 4) is 22.3 Å². The van der Waals surface area contributed by atoms with Gasteiger partial charge in [-0.25, -0.2) is 0 Å². The van der Waals surface area contributed by atoms with E-state index in [1.807, 2.05) is 45.3 Å². The van der Waals surface area contributed by atoms with E-state index in [1.54, 1.807) is 0 Å². The largest absolute Gasteiger partial charge is 0.308 e. The molecule has 338 valence electrons. The quantitative estimate of drug-likeness (QED) is 0.150. The van der Waals surface area contributed by atoms with Gasteiger partial charge in [-0.15, -0.1) is 45.3 Å². The molecule has 15 aromatic rings. The zero-order chi connectivity index (χ0) is 47.3. The maximum absolute atomic E-state index is 2.56.